The maximum atomic E-state index is 12.5. The van der Waals surface area contributed by atoms with Gasteiger partial charge in [0.15, 0.2) is 6.61 Å². The quantitative estimate of drug-likeness (QED) is 0.0850. The number of pyridine rings is 1. The predicted molar refractivity (Wildman–Crippen MR) is 242 cm³/mol. The first-order valence-corrected chi connectivity index (χ1v) is 21.9. The summed E-state index contributed by atoms with van der Waals surface area (Å²) in [6.07, 6.45) is 9.57. The summed E-state index contributed by atoms with van der Waals surface area (Å²) >= 11 is 20.1. The van der Waals surface area contributed by atoms with Gasteiger partial charge >= 0.3 is 29.7 Å². The van der Waals surface area contributed by atoms with E-state index in [4.69, 9.17) is 65.6 Å². The minimum atomic E-state index is -4.45. The Balaban J connectivity index is 0.000000185. The number of aromatic carboxylic acids is 1. The fourth-order valence-corrected chi connectivity index (χ4v) is 8.21. The molecule has 64 heavy (non-hydrogen) atoms. The van der Waals surface area contributed by atoms with E-state index in [-0.39, 0.29) is 30.1 Å². The number of carboxylic acids is 2. The Morgan fingerprint density at radius 1 is 0.969 bits per heavy atom. The number of carbonyl (C=O) groups is 3. The van der Waals surface area contributed by atoms with Crippen molar-refractivity contribution in [3.8, 4) is 35.5 Å². The van der Waals surface area contributed by atoms with Crippen LogP contribution in [-0.2, 0) is 27.8 Å². The van der Waals surface area contributed by atoms with E-state index in [9.17, 15) is 27.6 Å². The highest BCUT2D eigenvalue weighted by molar-refractivity contribution is 14.1. The number of hydrogen-bond donors (Lipinski definition) is 4. The summed E-state index contributed by atoms with van der Waals surface area (Å²) in [6, 6.07) is 12.4. The number of methoxy groups -OCH3 is 1. The van der Waals surface area contributed by atoms with E-state index in [0.29, 0.717) is 47.9 Å². The van der Waals surface area contributed by atoms with Gasteiger partial charge in [-0.2, -0.15) is 19.6 Å². The number of benzene rings is 3. The summed E-state index contributed by atoms with van der Waals surface area (Å²) in [5.41, 5.74) is 0.325. The van der Waals surface area contributed by atoms with Gasteiger partial charge in [-0.3, -0.25) is 14.9 Å². The lowest BCUT2D eigenvalue weighted by Crippen LogP contribution is -2.35. The molecular weight excluding hydrogens is 1040 g/mol. The van der Waals surface area contributed by atoms with Gasteiger partial charge in [0.1, 0.15) is 40.2 Å². The molecule has 1 aliphatic rings. The van der Waals surface area contributed by atoms with Gasteiger partial charge in [-0.25, -0.2) is 32.3 Å². The minimum absolute atomic E-state index is 0.0681. The summed E-state index contributed by atoms with van der Waals surface area (Å²) in [5.74, 6) is 1.46. The maximum absolute atomic E-state index is 12.5. The molecule has 25 heteroatoms. The van der Waals surface area contributed by atoms with Crippen molar-refractivity contribution in [2.75, 3.05) is 25.6 Å². The Kier molecular flexibility index (Phi) is 16.7. The fourth-order valence-electron chi connectivity index (χ4n) is 5.64. The summed E-state index contributed by atoms with van der Waals surface area (Å²) in [6.45, 7) is 1.89. The fraction of sp³-hybridized carbons (Fsp3) is 0.205. The maximum Gasteiger partial charge on any atom is 0.350 e. The van der Waals surface area contributed by atoms with Crippen molar-refractivity contribution >= 4 is 102 Å². The van der Waals surface area contributed by atoms with Crippen LogP contribution >= 0.6 is 57.4 Å². The molecule has 0 saturated carbocycles. The van der Waals surface area contributed by atoms with Crippen LogP contribution in [0.4, 0.5) is 10.7 Å². The largest absolute Gasteiger partial charge is 0.480 e. The number of urea groups is 1. The molecule has 0 aliphatic carbocycles. The highest BCUT2D eigenvalue weighted by Gasteiger charge is 2.26. The van der Waals surface area contributed by atoms with Crippen molar-refractivity contribution < 1.29 is 47.2 Å². The third-order valence-electron chi connectivity index (χ3n) is 8.37. The van der Waals surface area contributed by atoms with E-state index in [1.165, 1.54) is 30.8 Å². The number of carbonyl (C=O) groups excluding carboxylic acids is 1. The zero-order chi connectivity index (χ0) is 46.7. The van der Waals surface area contributed by atoms with E-state index >= 15 is 0 Å². The van der Waals surface area contributed by atoms with Crippen molar-refractivity contribution in [3.63, 3.8) is 0 Å². The van der Waals surface area contributed by atoms with Crippen LogP contribution in [0.5, 0.6) is 17.5 Å². The number of nitrogens with zero attached hydrogens (tertiary/aromatic N) is 7. The Bertz CT molecular complexity index is 2970. The molecule has 20 nitrogen and oxygen atoms in total. The average molecular weight is 1070 g/mol. The Morgan fingerprint density at radius 3 is 2.42 bits per heavy atom. The summed E-state index contributed by atoms with van der Waals surface area (Å²) in [4.78, 5) is 61.1. The third-order valence-corrected chi connectivity index (χ3v) is 11.3. The van der Waals surface area contributed by atoms with E-state index in [1.807, 2.05) is 22.6 Å². The first-order valence-electron chi connectivity index (χ1n) is 18.2. The normalized spacial score (nSPS) is 11.6. The number of rotatable bonds is 11. The van der Waals surface area contributed by atoms with E-state index in [1.54, 1.807) is 45.8 Å². The van der Waals surface area contributed by atoms with Crippen molar-refractivity contribution in [1.29, 1.82) is 0 Å². The van der Waals surface area contributed by atoms with Crippen LogP contribution in [-0.4, -0.2) is 91.2 Å². The second-order valence-corrected chi connectivity index (χ2v) is 16.9. The number of fused-ring (bicyclic) bond motifs is 2. The Labute approximate surface area is 392 Å². The van der Waals surface area contributed by atoms with Gasteiger partial charge in [0, 0.05) is 34.2 Å². The molecule has 4 N–H and O–H groups in total. The van der Waals surface area contributed by atoms with E-state index < -0.39 is 45.1 Å². The Hall–Kier alpha value is -6.26. The molecule has 2 amide bonds. The van der Waals surface area contributed by atoms with Crippen LogP contribution in [0.25, 0.3) is 16.6 Å². The number of hydrogen-bond acceptors (Lipinski definition) is 14. The van der Waals surface area contributed by atoms with Crippen LogP contribution in [0, 0.1) is 22.8 Å². The lowest BCUT2D eigenvalue weighted by Gasteiger charge is -2.10. The van der Waals surface area contributed by atoms with Crippen LogP contribution in [0.15, 0.2) is 70.5 Å². The second-order valence-electron chi connectivity index (χ2n) is 12.8. The standard InChI is InChI=1S/C15H13Cl2N3O2.C13H12IN5O6S.C11H8ClNO3/c1-2-7-22-13-9-12(10(16)8-11(13)17)20-15(21)19-6-4-3-5-14(19)18-20;1-6-15-11(18-13(16-6)25-2)17-12(22)19-26(23,24)9-5-7(14)3-4-8(9)10(20)21;12-8-3-4-9(16-6-10(14)15)11-7(8)2-1-5-13-11/h1,8-9H,3-7H2;3-5H,1-2H3,(H,20,21)(H2,15,16,17,18,19,22);1-5H,6H2,(H,14,15). The molecule has 0 saturated heterocycles. The molecule has 3 aromatic heterocycles. The molecule has 3 aromatic carbocycles. The summed E-state index contributed by atoms with van der Waals surface area (Å²) in [7, 11) is -3.14. The number of amides is 2. The van der Waals surface area contributed by atoms with Gasteiger partial charge in [0.25, 0.3) is 10.0 Å². The monoisotopic (exact) mass is 1070 g/mol. The number of anilines is 1. The molecule has 334 valence electrons. The molecule has 0 atom stereocenters. The van der Waals surface area contributed by atoms with Crippen molar-refractivity contribution in [3.05, 3.63) is 107 Å². The number of carboxylic acid groups (broad SMARTS) is 2. The zero-order valence-electron chi connectivity index (χ0n) is 33.2. The van der Waals surface area contributed by atoms with Gasteiger partial charge in [-0.05, 0) is 90.9 Å². The van der Waals surface area contributed by atoms with Gasteiger partial charge in [0.05, 0.1) is 33.4 Å². The lowest BCUT2D eigenvalue weighted by atomic mass is 10.2. The molecule has 6 aromatic rings. The highest BCUT2D eigenvalue weighted by atomic mass is 127. The van der Waals surface area contributed by atoms with Gasteiger partial charge in [-0.15, -0.1) is 11.5 Å². The van der Waals surface area contributed by atoms with Crippen LogP contribution in [0.3, 0.4) is 0 Å². The molecule has 0 fully saturated rings. The predicted octanol–water partition coefficient (Wildman–Crippen LogP) is 6.04. The molecule has 4 heterocycles. The molecule has 0 bridgehead atoms. The lowest BCUT2D eigenvalue weighted by molar-refractivity contribution is -0.139. The smallest absolute Gasteiger partial charge is 0.350 e. The summed E-state index contributed by atoms with van der Waals surface area (Å²) < 4.78 is 45.2. The number of halogens is 4. The molecule has 7 rings (SSSR count). The minimum Gasteiger partial charge on any atom is -0.480 e. The second kappa shape index (κ2) is 21.9. The van der Waals surface area contributed by atoms with Crippen LogP contribution in [0.2, 0.25) is 15.1 Å². The number of aromatic nitrogens is 7. The third kappa shape index (κ3) is 12.5. The number of sulfonamides is 1. The number of aliphatic carboxylic acids is 1. The SMILES string of the molecule is C#CCOc1cc(-n2nc3n(c2=O)CCCC3)c(Cl)cc1Cl.COc1nc(C)nc(NC(=O)NS(=O)(=O)c2cc(I)ccc2C(=O)O)n1.O=C(O)COc1ccc(Cl)c2cccnc12. The molecular formula is C39H33Cl3IN9O11S. The number of aryl methyl sites for hydroxylation is 2. The number of nitrogens with one attached hydrogen (secondary N) is 2. The topological polar surface area (TPSA) is 269 Å². The first-order chi connectivity index (χ1) is 30.4. The molecule has 0 unspecified atom stereocenters. The number of terminal acetylenes is 1. The Morgan fingerprint density at radius 2 is 1.73 bits per heavy atom. The first kappa shape index (κ1) is 48.8. The van der Waals surface area contributed by atoms with Gasteiger partial charge in [-0.1, -0.05) is 40.7 Å². The van der Waals surface area contributed by atoms with Crippen LogP contribution in [0.1, 0.15) is 34.8 Å². The zero-order valence-corrected chi connectivity index (χ0v) is 38.5. The van der Waals surface area contributed by atoms with Gasteiger partial charge < -0.3 is 24.4 Å². The molecule has 0 radical (unpaired) electrons. The number of ether oxygens (including phenoxy) is 3. The summed E-state index contributed by atoms with van der Waals surface area (Å²) in [5, 5.41) is 26.1. The highest BCUT2D eigenvalue weighted by Crippen LogP contribution is 2.33. The molecule has 1 aliphatic heterocycles. The van der Waals surface area contributed by atoms with Crippen molar-refractivity contribution in [2.24, 2.45) is 0 Å². The van der Waals surface area contributed by atoms with Crippen molar-refractivity contribution in [1.82, 2.24) is 39.0 Å². The van der Waals surface area contributed by atoms with Crippen molar-refractivity contribution in [2.45, 2.75) is 37.6 Å². The van der Waals surface area contributed by atoms with E-state index in [2.05, 4.69) is 36.3 Å². The average Bonchev–Trinajstić information content (AvgIpc) is 3.58. The molecule has 0 spiro atoms. The van der Waals surface area contributed by atoms with Crippen LogP contribution < -0.4 is 29.9 Å². The van der Waals surface area contributed by atoms with Gasteiger partial charge in [0.2, 0.25) is 5.95 Å². The van der Waals surface area contributed by atoms with E-state index in [0.717, 1.165) is 42.6 Å².